The highest BCUT2D eigenvalue weighted by Crippen LogP contribution is 2.27. The Bertz CT molecular complexity index is 1220. The molecule has 1 aliphatic heterocycles. The van der Waals surface area contributed by atoms with Gasteiger partial charge >= 0.3 is 6.03 Å². The first kappa shape index (κ1) is 26.9. The number of likely N-dealkylation sites (tertiary alicyclic amines) is 1. The second kappa shape index (κ2) is 13.4. The zero-order valence-electron chi connectivity index (χ0n) is 21.5. The summed E-state index contributed by atoms with van der Waals surface area (Å²) in [4.78, 5) is 27.6. The number of para-hydroxylation sites is 1. The molecule has 0 atom stereocenters. The summed E-state index contributed by atoms with van der Waals surface area (Å²) in [6.45, 7) is 3.61. The fourth-order valence-electron chi connectivity index (χ4n) is 4.29. The summed E-state index contributed by atoms with van der Waals surface area (Å²) in [5.41, 5.74) is 0.462. The summed E-state index contributed by atoms with van der Waals surface area (Å²) in [5.74, 6) is 0.306. The van der Waals surface area contributed by atoms with E-state index >= 15 is 0 Å². The van der Waals surface area contributed by atoms with Crippen LogP contribution in [0, 0.1) is 5.82 Å². The van der Waals surface area contributed by atoms with E-state index in [1.54, 1.807) is 24.3 Å². The van der Waals surface area contributed by atoms with Crippen molar-refractivity contribution in [1.29, 1.82) is 0 Å². The predicted octanol–water partition coefficient (Wildman–Crippen LogP) is 5.88. The molecule has 3 aromatic rings. The van der Waals surface area contributed by atoms with E-state index in [4.69, 9.17) is 9.47 Å². The molecule has 0 aromatic heterocycles. The average molecular weight is 521 g/mol. The number of methoxy groups -OCH3 is 1. The summed E-state index contributed by atoms with van der Waals surface area (Å²) in [6, 6.07) is 17.8. The average Bonchev–Trinajstić information content (AvgIpc) is 2.94. The maximum absolute atomic E-state index is 14.8. The molecule has 0 unspecified atom stereocenters. The van der Waals surface area contributed by atoms with E-state index in [1.807, 2.05) is 30.3 Å². The first-order valence-electron chi connectivity index (χ1n) is 12.8. The van der Waals surface area contributed by atoms with E-state index in [0.29, 0.717) is 23.7 Å². The zero-order valence-corrected chi connectivity index (χ0v) is 21.5. The van der Waals surface area contributed by atoms with Crippen molar-refractivity contribution in [2.45, 2.75) is 25.7 Å². The van der Waals surface area contributed by atoms with Gasteiger partial charge in [-0.1, -0.05) is 24.6 Å². The largest absolute Gasteiger partial charge is 0.496 e. The molecular formula is C29H33FN4O4. The predicted molar refractivity (Wildman–Crippen MR) is 146 cm³/mol. The lowest BCUT2D eigenvalue weighted by Gasteiger charge is -2.26. The van der Waals surface area contributed by atoms with Crippen LogP contribution in [0.4, 0.5) is 20.6 Å². The van der Waals surface area contributed by atoms with Crippen LogP contribution in [-0.4, -0.2) is 50.1 Å². The molecular weight excluding hydrogens is 487 g/mol. The van der Waals surface area contributed by atoms with Gasteiger partial charge in [-0.3, -0.25) is 4.79 Å². The molecule has 38 heavy (non-hydrogen) atoms. The molecule has 0 saturated carbocycles. The lowest BCUT2D eigenvalue weighted by molar-refractivity contribution is 0.0947. The number of amides is 3. The molecule has 3 N–H and O–H groups in total. The third-order valence-electron chi connectivity index (χ3n) is 6.26. The number of rotatable bonds is 10. The molecule has 4 rings (SSSR count). The number of hydrogen-bond acceptors (Lipinski definition) is 5. The molecule has 3 amide bonds. The van der Waals surface area contributed by atoms with Gasteiger partial charge in [0.1, 0.15) is 23.1 Å². The van der Waals surface area contributed by atoms with Crippen LogP contribution in [0.25, 0.3) is 0 Å². The van der Waals surface area contributed by atoms with Gasteiger partial charge in [0.15, 0.2) is 0 Å². The maximum Gasteiger partial charge on any atom is 0.323 e. The Morgan fingerprint density at radius 3 is 2.34 bits per heavy atom. The number of nitrogens with one attached hydrogen (secondary N) is 3. The van der Waals surface area contributed by atoms with Gasteiger partial charge in [0, 0.05) is 18.3 Å². The van der Waals surface area contributed by atoms with Crippen LogP contribution < -0.4 is 25.4 Å². The highest BCUT2D eigenvalue weighted by Gasteiger charge is 2.18. The molecule has 1 saturated heterocycles. The van der Waals surface area contributed by atoms with Crippen LogP contribution in [0.2, 0.25) is 0 Å². The van der Waals surface area contributed by atoms with Crippen LogP contribution in [0.1, 0.15) is 36.0 Å². The number of nitrogens with zero attached hydrogens (tertiary/aromatic N) is 1. The second-order valence-electron chi connectivity index (χ2n) is 9.06. The zero-order chi connectivity index (χ0) is 26.7. The van der Waals surface area contributed by atoms with E-state index in [1.165, 1.54) is 32.4 Å². The molecule has 9 heteroatoms. The van der Waals surface area contributed by atoms with Crippen molar-refractivity contribution in [1.82, 2.24) is 10.2 Å². The fourth-order valence-corrected chi connectivity index (χ4v) is 4.29. The van der Waals surface area contributed by atoms with Gasteiger partial charge < -0.3 is 30.3 Å². The highest BCUT2D eigenvalue weighted by molar-refractivity contribution is 6.01. The summed E-state index contributed by atoms with van der Waals surface area (Å²) >= 11 is 0. The first-order chi connectivity index (χ1) is 18.5. The Kier molecular flexibility index (Phi) is 9.53. The molecule has 0 radical (unpaired) electrons. The van der Waals surface area contributed by atoms with Crippen molar-refractivity contribution in [3.63, 3.8) is 0 Å². The van der Waals surface area contributed by atoms with Crippen molar-refractivity contribution < 1.29 is 23.5 Å². The minimum Gasteiger partial charge on any atom is -0.496 e. The van der Waals surface area contributed by atoms with Crippen molar-refractivity contribution in [2.24, 2.45) is 0 Å². The van der Waals surface area contributed by atoms with Gasteiger partial charge in [0.05, 0.1) is 18.4 Å². The number of urea groups is 1. The number of piperidine rings is 1. The van der Waals surface area contributed by atoms with E-state index in [2.05, 4.69) is 20.9 Å². The third kappa shape index (κ3) is 7.69. The summed E-state index contributed by atoms with van der Waals surface area (Å²) < 4.78 is 25.9. The van der Waals surface area contributed by atoms with E-state index in [-0.39, 0.29) is 17.0 Å². The van der Waals surface area contributed by atoms with E-state index < -0.39 is 17.8 Å². The molecule has 200 valence electrons. The molecule has 3 aromatic carbocycles. The van der Waals surface area contributed by atoms with Crippen LogP contribution in [0.5, 0.6) is 17.2 Å². The fraction of sp³-hybridized carbons (Fsp3) is 0.310. The summed E-state index contributed by atoms with van der Waals surface area (Å²) in [7, 11) is 1.39. The normalized spacial score (nSPS) is 13.4. The molecule has 0 spiro atoms. The van der Waals surface area contributed by atoms with Gasteiger partial charge in [-0.2, -0.15) is 0 Å². The lowest BCUT2D eigenvalue weighted by Crippen LogP contribution is -2.33. The number of hydrogen-bond donors (Lipinski definition) is 3. The maximum atomic E-state index is 14.8. The second-order valence-corrected chi connectivity index (χ2v) is 9.06. The number of carbonyl (C=O) groups excluding carboxylic acids is 2. The SMILES string of the molecule is COc1cc(NC(=O)Nc2ccc(Oc3ccccc3)cc2)c(F)cc1C(=O)NCCCN1CCCCC1. The molecule has 1 heterocycles. The Morgan fingerprint density at radius 2 is 1.63 bits per heavy atom. The Morgan fingerprint density at radius 1 is 0.921 bits per heavy atom. The van der Waals surface area contributed by atoms with Gasteiger partial charge in [0.25, 0.3) is 5.91 Å². The summed E-state index contributed by atoms with van der Waals surface area (Å²) in [6.07, 6.45) is 4.53. The number of anilines is 2. The van der Waals surface area contributed by atoms with Crippen LogP contribution in [-0.2, 0) is 0 Å². The Labute approximate surface area is 222 Å². The van der Waals surface area contributed by atoms with Gasteiger partial charge in [-0.05, 0) is 81.4 Å². The lowest BCUT2D eigenvalue weighted by atomic mass is 10.1. The van der Waals surface area contributed by atoms with Crippen molar-refractivity contribution in [2.75, 3.05) is 43.9 Å². The quantitative estimate of drug-likeness (QED) is 0.291. The molecule has 0 aliphatic carbocycles. The molecule has 0 bridgehead atoms. The minimum atomic E-state index is -0.744. The smallest absolute Gasteiger partial charge is 0.323 e. The van der Waals surface area contributed by atoms with Gasteiger partial charge in [-0.25, -0.2) is 9.18 Å². The number of benzene rings is 3. The third-order valence-corrected chi connectivity index (χ3v) is 6.26. The van der Waals surface area contributed by atoms with E-state index in [9.17, 15) is 14.0 Å². The molecule has 8 nitrogen and oxygen atoms in total. The number of carbonyl (C=O) groups is 2. The Hall–Kier alpha value is -4.11. The van der Waals surface area contributed by atoms with Crippen molar-refractivity contribution in [3.05, 3.63) is 78.1 Å². The topological polar surface area (TPSA) is 91.9 Å². The minimum absolute atomic E-state index is 0.0722. The number of ether oxygens (including phenoxy) is 2. The number of halogens is 1. The highest BCUT2D eigenvalue weighted by atomic mass is 19.1. The van der Waals surface area contributed by atoms with Crippen LogP contribution >= 0.6 is 0 Å². The van der Waals surface area contributed by atoms with Crippen molar-refractivity contribution in [3.8, 4) is 17.2 Å². The Balaban J connectivity index is 1.30. The van der Waals surface area contributed by atoms with Gasteiger partial charge in [0.2, 0.25) is 0 Å². The van der Waals surface area contributed by atoms with Gasteiger partial charge in [-0.15, -0.1) is 0 Å². The molecule has 1 fully saturated rings. The van der Waals surface area contributed by atoms with E-state index in [0.717, 1.165) is 32.1 Å². The molecule has 1 aliphatic rings. The summed E-state index contributed by atoms with van der Waals surface area (Å²) in [5, 5.41) is 7.95. The monoisotopic (exact) mass is 520 g/mol. The first-order valence-corrected chi connectivity index (χ1v) is 12.8. The van der Waals surface area contributed by atoms with Crippen LogP contribution in [0.15, 0.2) is 66.7 Å². The standard InChI is InChI=1S/C29H33FN4O4/c1-37-27-20-26(25(30)19-24(27)28(35)31-15-8-18-34-16-6-3-7-17-34)33-29(36)32-21-11-13-23(14-12-21)38-22-9-4-2-5-10-22/h2,4-5,9-14,19-20H,3,6-8,15-18H2,1H3,(H,31,35)(H2,32,33,36). The van der Waals surface area contributed by atoms with Crippen LogP contribution in [0.3, 0.4) is 0 Å². The van der Waals surface area contributed by atoms with Crippen molar-refractivity contribution >= 4 is 23.3 Å².